The topological polar surface area (TPSA) is 83.5 Å². The zero-order chi connectivity index (χ0) is 30.1. The molecule has 224 valence electrons. The lowest BCUT2D eigenvalue weighted by Crippen LogP contribution is -2.49. The van der Waals surface area contributed by atoms with E-state index in [-0.39, 0.29) is 36.9 Å². The Labute approximate surface area is 238 Å². The van der Waals surface area contributed by atoms with Crippen LogP contribution in [-0.4, -0.2) is 109 Å². The largest absolute Gasteiger partial charge is 0.416 e. The van der Waals surface area contributed by atoms with Crippen LogP contribution in [0.4, 0.5) is 38.3 Å². The zero-order valence-electron chi connectivity index (χ0n) is 22.5. The number of carbonyl (C=O) groups is 2. The van der Waals surface area contributed by atoms with Gasteiger partial charge in [0.1, 0.15) is 22.7 Å². The number of aromatic nitrogens is 1. The average Bonchev–Trinajstić information content (AvgIpc) is 3.26. The molecule has 1 aromatic heterocycles. The molecule has 0 saturated carbocycles. The maximum atomic E-state index is 14.8. The molecule has 2 fully saturated rings. The lowest BCUT2D eigenvalue weighted by molar-refractivity contribution is -0.137. The van der Waals surface area contributed by atoms with Crippen LogP contribution in [0, 0.1) is 18.6 Å². The number of amides is 3. The van der Waals surface area contributed by atoms with Crippen molar-refractivity contribution in [3.05, 3.63) is 52.2 Å². The SMILES string of the molecule is Cc1cc(C(F)(F)F)cc(N2C(=O)N(CCN3CCN(CCO)CC3)C[C@H]2C(=O)N(C)c2ccc(F)c(Cl)c2F)n1. The quantitative estimate of drug-likeness (QED) is 0.368. The number of anilines is 2. The first-order valence-corrected chi connectivity index (χ1v) is 13.3. The highest BCUT2D eigenvalue weighted by Gasteiger charge is 2.45. The van der Waals surface area contributed by atoms with Gasteiger partial charge in [-0.1, -0.05) is 11.6 Å². The van der Waals surface area contributed by atoms with Crippen LogP contribution in [0.5, 0.6) is 0 Å². The number of likely N-dealkylation sites (N-methyl/N-ethyl adjacent to an activating group) is 1. The highest BCUT2D eigenvalue weighted by Crippen LogP contribution is 2.35. The number of β-amino-alcohol motifs (C(OH)–C–C–N with tert-alkyl or cyclic N) is 1. The molecule has 2 aromatic rings. The van der Waals surface area contributed by atoms with Gasteiger partial charge < -0.3 is 14.9 Å². The summed E-state index contributed by atoms with van der Waals surface area (Å²) in [4.78, 5) is 38.7. The summed E-state index contributed by atoms with van der Waals surface area (Å²) < 4.78 is 69.3. The Morgan fingerprint density at radius 2 is 1.73 bits per heavy atom. The summed E-state index contributed by atoms with van der Waals surface area (Å²) in [6.45, 7) is 5.22. The Bertz CT molecular complexity index is 1290. The molecule has 3 amide bonds. The fourth-order valence-electron chi connectivity index (χ4n) is 4.98. The maximum absolute atomic E-state index is 14.8. The number of aryl methyl sites for hydroxylation is 1. The minimum Gasteiger partial charge on any atom is -0.395 e. The number of hydrogen-bond acceptors (Lipinski definition) is 6. The smallest absolute Gasteiger partial charge is 0.395 e. The molecule has 4 rings (SSSR count). The zero-order valence-corrected chi connectivity index (χ0v) is 23.2. The first-order valence-electron chi connectivity index (χ1n) is 12.9. The molecule has 0 spiro atoms. The molecule has 0 radical (unpaired) electrons. The standard InChI is InChI=1S/C26H30ClF5N6O3/c1-16-13-17(26(30,31)32)14-21(33-16)38-20(24(40)34(2)19-4-3-18(28)22(27)23(19)29)15-37(25(38)41)10-9-35-5-7-36(8-6-35)11-12-39/h3-4,13-14,20,39H,5-12,15H2,1-2H3/t20-/m0/s1. The molecule has 1 aromatic carbocycles. The molecule has 9 nitrogen and oxygen atoms in total. The molecule has 15 heteroatoms. The van der Waals surface area contributed by atoms with Crippen LogP contribution in [0.15, 0.2) is 24.3 Å². The third kappa shape index (κ3) is 6.71. The Balaban J connectivity index is 1.61. The van der Waals surface area contributed by atoms with Crippen molar-refractivity contribution in [3.63, 3.8) is 0 Å². The summed E-state index contributed by atoms with van der Waals surface area (Å²) >= 11 is 5.68. The van der Waals surface area contributed by atoms with Crippen molar-refractivity contribution in [2.45, 2.75) is 19.1 Å². The van der Waals surface area contributed by atoms with E-state index in [0.29, 0.717) is 32.2 Å². The van der Waals surface area contributed by atoms with E-state index in [1.54, 1.807) is 0 Å². The van der Waals surface area contributed by atoms with Crippen molar-refractivity contribution in [1.82, 2.24) is 19.7 Å². The van der Waals surface area contributed by atoms with Crippen LogP contribution in [0.3, 0.4) is 0 Å². The Hall–Kier alpha value is -3.07. The minimum absolute atomic E-state index is 0.0160. The van der Waals surface area contributed by atoms with Crippen molar-refractivity contribution in [1.29, 1.82) is 0 Å². The Morgan fingerprint density at radius 3 is 2.34 bits per heavy atom. The van der Waals surface area contributed by atoms with Gasteiger partial charge in [0.2, 0.25) is 0 Å². The second-order valence-corrected chi connectivity index (χ2v) is 10.3. The van der Waals surface area contributed by atoms with E-state index in [1.165, 1.54) is 18.9 Å². The number of rotatable bonds is 8. The van der Waals surface area contributed by atoms with Crippen LogP contribution in [0.1, 0.15) is 11.3 Å². The molecule has 41 heavy (non-hydrogen) atoms. The molecule has 1 N–H and O–H groups in total. The fourth-order valence-corrected chi connectivity index (χ4v) is 5.14. The number of halogens is 6. The average molecular weight is 605 g/mol. The molecule has 0 unspecified atom stereocenters. The number of piperazine rings is 1. The number of aliphatic hydroxyl groups excluding tert-OH is 1. The van der Waals surface area contributed by atoms with Crippen LogP contribution < -0.4 is 9.80 Å². The maximum Gasteiger partial charge on any atom is 0.416 e. The van der Waals surface area contributed by atoms with Crippen LogP contribution in [-0.2, 0) is 11.0 Å². The van der Waals surface area contributed by atoms with Crippen LogP contribution >= 0.6 is 11.6 Å². The van der Waals surface area contributed by atoms with E-state index in [0.717, 1.165) is 41.1 Å². The molecule has 0 bridgehead atoms. The first-order chi connectivity index (χ1) is 19.3. The van der Waals surface area contributed by atoms with Gasteiger partial charge in [-0.05, 0) is 31.2 Å². The number of benzene rings is 1. The van der Waals surface area contributed by atoms with E-state index in [2.05, 4.69) is 14.8 Å². The summed E-state index contributed by atoms with van der Waals surface area (Å²) in [6, 6.07) is 1.34. The monoisotopic (exact) mass is 604 g/mol. The molecule has 0 aliphatic carbocycles. The van der Waals surface area contributed by atoms with Gasteiger partial charge in [0.25, 0.3) is 5.91 Å². The molecule has 2 aliphatic heterocycles. The summed E-state index contributed by atoms with van der Waals surface area (Å²) in [5, 5.41) is 8.31. The number of alkyl halides is 3. The lowest BCUT2D eigenvalue weighted by Gasteiger charge is -2.35. The van der Waals surface area contributed by atoms with E-state index in [4.69, 9.17) is 16.7 Å². The van der Waals surface area contributed by atoms with Crippen molar-refractivity contribution < 1.29 is 36.6 Å². The second kappa shape index (κ2) is 12.4. The number of urea groups is 1. The third-order valence-corrected chi connectivity index (χ3v) is 7.60. The minimum atomic E-state index is -4.73. The van der Waals surface area contributed by atoms with Crippen molar-refractivity contribution >= 4 is 35.0 Å². The number of aliphatic hydroxyl groups is 1. The van der Waals surface area contributed by atoms with Gasteiger partial charge in [-0.3, -0.25) is 19.5 Å². The predicted molar refractivity (Wildman–Crippen MR) is 142 cm³/mol. The van der Waals surface area contributed by atoms with Gasteiger partial charge in [0, 0.05) is 58.6 Å². The van der Waals surface area contributed by atoms with Gasteiger partial charge in [-0.15, -0.1) is 0 Å². The van der Waals surface area contributed by atoms with Gasteiger partial charge in [0.15, 0.2) is 5.82 Å². The molecular weight excluding hydrogens is 575 g/mol. The van der Waals surface area contributed by atoms with Crippen LogP contribution in [0.2, 0.25) is 5.02 Å². The first kappa shape index (κ1) is 30.9. The normalized spacial score (nSPS) is 18.9. The van der Waals surface area contributed by atoms with E-state index in [1.807, 2.05) is 0 Å². The summed E-state index contributed by atoms with van der Waals surface area (Å²) in [6.07, 6.45) is -4.73. The molecule has 1 atom stereocenters. The number of nitrogens with zero attached hydrogens (tertiary/aromatic N) is 6. The van der Waals surface area contributed by atoms with E-state index < -0.39 is 46.4 Å². The van der Waals surface area contributed by atoms with Gasteiger partial charge in [0.05, 0.1) is 24.4 Å². The number of pyridine rings is 1. The second-order valence-electron chi connectivity index (χ2n) is 9.97. The van der Waals surface area contributed by atoms with Gasteiger partial charge in [-0.25, -0.2) is 18.6 Å². The summed E-state index contributed by atoms with van der Waals surface area (Å²) in [7, 11) is 1.21. The molecule has 2 aliphatic rings. The highest BCUT2D eigenvalue weighted by atomic mass is 35.5. The van der Waals surface area contributed by atoms with Crippen molar-refractivity contribution in [3.8, 4) is 0 Å². The molecule has 2 saturated heterocycles. The predicted octanol–water partition coefficient (Wildman–Crippen LogP) is 3.22. The van der Waals surface area contributed by atoms with Gasteiger partial charge >= 0.3 is 12.2 Å². The van der Waals surface area contributed by atoms with Crippen molar-refractivity contribution in [2.75, 3.05) is 75.8 Å². The number of hydrogen-bond donors (Lipinski definition) is 1. The van der Waals surface area contributed by atoms with E-state index >= 15 is 0 Å². The Morgan fingerprint density at radius 1 is 1.10 bits per heavy atom. The Kier molecular flexibility index (Phi) is 9.36. The summed E-state index contributed by atoms with van der Waals surface area (Å²) in [5.74, 6) is -3.41. The third-order valence-electron chi connectivity index (χ3n) is 7.25. The van der Waals surface area contributed by atoms with Crippen molar-refractivity contribution in [2.24, 2.45) is 0 Å². The van der Waals surface area contributed by atoms with E-state index in [9.17, 15) is 31.5 Å². The lowest BCUT2D eigenvalue weighted by atomic mass is 10.1. The summed E-state index contributed by atoms with van der Waals surface area (Å²) in [5.41, 5.74) is -1.41. The number of carbonyl (C=O) groups excluding carboxylic acids is 2. The van der Waals surface area contributed by atoms with Crippen LogP contribution in [0.25, 0.3) is 0 Å². The molecule has 3 heterocycles. The van der Waals surface area contributed by atoms with Gasteiger partial charge in [-0.2, -0.15) is 13.2 Å². The molecular formula is C26H30ClF5N6O3. The fraction of sp³-hybridized carbons (Fsp3) is 0.500. The highest BCUT2D eigenvalue weighted by molar-refractivity contribution is 6.31.